The average molecular weight is 588 g/mol. The number of carbonyl (C=O) groups excluding carboxylic acids is 1. The molecule has 1 aromatic heterocycles. The Hall–Kier alpha value is -3.42. The first-order valence-corrected chi connectivity index (χ1v) is 10.6. The molecule has 2 N–H and O–H groups in total. The number of ether oxygens (including phenoxy) is 2. The number of hydrogen-bond donors (Lipinski definition) is 2. The van der Waals surface area contributed by atoms with Crippen LogP contribution in [0.2, 0.25) is 0 Å². The van der Waals surface area contributed by atoms with Crippen LogP contribution in [-0.2, 0) is 11.0 Å². The smallest absolute Gasteiger partial charge is 0.417 e. The molecule has 0 aliphatic heterocycles. The standard InChI is InChI=1S/C22H17F4IN4O3/c1-33-18-9-13(10-29-31-19-7-2-14(11-28-19)22(24,25)26)8-17(27)21(18)34-12-20(32)30-16-5-3-15(23)4-6-16/h2-11H,12H2,1H3,(H,28,31)(H,30,32)/b29-10-. The molecule has 0 saturated heterocycles. The van der Waals surface area contributed by atoms with Gasteiger partial charge in [-0.3, -0.25) is 10.2 Å². The summed E-state index contributed by atoms with van der Waals surface area (Å²) < 4.78 is 62.3. The Morgan fingerprint density at radius 3 is 2.53 bits per heavy atom. The second kappa shape index (κ2) is 11.1. The highest BCUT2D eigenvalue weighted by molar-refractivity contribution is 14.1. The Bertz CT molecular complexity index is 1170. The zero-order valence-electron chi connectivity index (χ0n) is 17.5. The fourth-order valence-electron chi connectivity index (χ4n) is 2.62. The first-order chi connectivity index (χ1) is 16.2. The number of alkyl halides is 3. The summed E-state index contributed by atoms with van der Waals surface area (Å²) in [4.78, 5) is 15.8. The molecule has 0 spiro atoms. The summed E-state index contributed by atoms with van der Waals surface area (Å²) in [6.45, 7) is -0.307. The SMILES string of the molecule is COc1cc(/C=N\Nc2ccc(C(F)(F)F)cn2)cc(I)c1OCC(=O)Nc1ccc(F)cc1. The number of rotatable bonds is 8. The van der Waals surface area contributed by atoms with Crippen molar-refractivity contribution in [3.63, 3.8) is 0 Å². The second-order valence-corrected chi connectivity index (χ2v) is 7.84. The van der Waals surface area contributed by atoms with Gasteiger partial charge in [-0.25, -0.2) is 9.37 Å². The number of nitrogens with one attached hydrogen (secondary N) is 2. The van der Waals surface area contributed by atoms with Crippen LogP contribution >= 0.6 is 22.6 Å². The lowest BCUT2D eigenvalue weighted by atomic mass is 10.2. The van der Waals surface area contributed by atoms with Gasteiger partial charge in [0.05, 0.1) is 22.5 Å². The van der Waals surface area contributed by atoms with Crippen molar-refractivity contribution in [2.75, 3.05) is 24.5 Å². The number of methoxy groups -OCH3 is 1. The molecular formula is C22H17F4IN4O3. The molecule has 0 radical (unpaired) electrons. The van der Waals surface area contributed by atoms with Crippen molar-refractivity contribution in [3.05, 3.63) is 75.2 Å². The maximum atomic E-state index is 13.0. The van der Waals surface area contributed by atoms with E-state index in [-0.39, 0.29) is 12.4 Å². The second-order valence-electron chi connectivity index (χ2n) is 6.68. The zero-order valence-corrected chi connectivity index (χ0v) is 19.6. The van der Waals surface area contributed by atoms with E-state index in [1.165, 1.54) is 43.7 Å². The number of nitrogens with zero attached hydrogens (tertiary/aromatic N) is 2. The van der Waals surface area contributed by atoms with Crippen LogP contribution in [0.25, 0.3) is 0 Å². The highest BCUT2D eigenvalue weighted by atomic mass is 127. The predicted octanol–water partition coefficient (Wildman–Crippen LogP) is 5.32. The normalized spacial score (nSPS) is 11.4. The third kappa shape index (κ3) is 7.04. The zero-order chi connectivity index (χ0) is 24.7. The Morgan fingerprint density at radius 2 is 1.91 bits per heavy atom. The topological polar surface area (TPSA) is 84.8 Å². The third-order valence-corrected chi connectivity index (χ3v) is 5.01. The highest BCUT2D eigenvalue weighted by Crippen LogP contribution is 2.33. The summed E-state index contributed by atoms with van der Waals surface area (Å²) in [6, 6.07) is 10.7. The Balaban J connectivity index is 1.62. The molecule has 0 atom stereocenters. The van der Waals surface area contributed by atoms with E-state index in [9.17, 15) is 22.4 Å². The molecule has 1 heterocycles. The largest absolute Gasteiger partial charge is 0.493 e. The van der Waals surface area contributed by atoms with Gasteiger partial charge in [0.2, 0.25) is 0 Å². The summed E-state index contributed by atoms with van der Waals surface area (Å²) in [5, 5.41) is 6.56. The van der Waals surface area contributed by atoms with Gasteiger partial charge in [-0.1, -0.05) is 0 Å². The number of hydrogen-bond acceptors (Lipinski definition) is 6. The van der Waals surface area contributed by atoms with Gasteiger partial charge in [0.25, 0.3) is 5.91 Å². The van der Waals surface area contributed by atoms with E-state index in [0.29, 0.717) is 32.5 Å². The van der Waals surface area contributed by atoms with E-state index < -0.39 is 23.5 Å². The molecule has 2 aromatic carbocycles. The lowest BCUT2D eigenvalue weighted by Crippen LogP contribution is -2.20. The molecule has 7 nitrogen and oxygen atoms in total. The van der Waals surface area contributed by atoms with Gasteiger partial charge in [0, 0.05) is 11.9 Å². The molecule has 178 valence electrons. The minimum absolute atomic E-state index is 0.137. The van der Waals surface area contributed by atoms with Crippen LogP contribution in [-0.4, -0.2) is 30.8 Å². The molecule has 3 rings (SSSR count). The number of pyridine rings is 1. The van der Waals surface area contributed by atoms with Gasteiger partial charge in [0.1, 0.15) is 11.6 Å². The summed E-state index contributed by atoms with van der Waals surface area (Å²) in [5.74, 6) is -0.0353. The number of aromatic nitrogens is 1. The molecule has 12 heteroatoms. The van der Waals surface area contributed by atoms with Crippen molar-refractivity contribution >= 4 is 46.2 Å². The lowest BCUT2D eigenvalue weighted by Gasteiger charge is -2.13. The van der Waals surface area contributed by atoms with Gasteiger partial charge in [-0.2, -0.15) is 18.3 Å². The van der Waals surface area contributed by atoms with Crippen molar-refractivity contribution < 1.29 is 31.8 Å². The van der Waals surface area contributed by atoms with Gasteiger partial charge in [0.15, 0.2) is 18.1 Å². The quantitative estimate of drug-likeness (QED) is 0.161. The van der Waals surface area contributed by atoms with Crippen LogP contribution < -0.4 is 20.2 Å². The van der Waals surface area contributed by atoms with E-state index >= 15 is 0 Å². The Kier molecular flexibility index (Phi) is 8.26. The van der Waals surface area contributed by atoms with Gasteiger partial charge >= 0.3 is 6.18 Å². The molecule has 1 amide bonds. The fourth-order valence-corrected chi connectivity index (χ4v) is 3.40. The Morgan fingerprint density at radius 1 is 1.18 bits per heavy atom. The van der Waals surface area contributed by atoms with Crippen LogP contribution in [0.5, 0.6) is 11.5 Å². The van der Waals surface area contributed by atoms with Gasteiger partial charge in [-0.05, 0) is 76.7 Å². The fraction of sp³-hybridized carbons (Fsp3) is 0.136. The van der Waals surface area contributed by atoms with Crippen LogP contribution in [0.15, 0.2) is 59.8 Å². The molecule has 0 aliphatic carbocycles. The summed E-state index contributed by atoms with van der Waals surface area (Å²) in [6.07, 6.45) is -2.33. The third-order valence-electron chi connectivity index (χ3n) is 4.21. The summed E-state index contributed by atoms with van der Waals surface area (Å²) in [7, 11) is 1.43. The van der Waals surface area contributed by atoms with Crippen LogP contribution in [0.3, 0.4) is 0 Å². The van der Waals surface area contributed by atoms with Crippen LogP contribution in [0.4, 0.5) is 29.1 Å². The minimum atomic E-state index is -4.46. The van der Waals surface area contributed by atoms with Crippen molar-refractivity contribution in [3.8, 4) is 11.5 Å². The minimum Gasteiger partial charge on any atom is -0.493 e. The molecule has 0 fully saturated rings. The average Bonchev–Trinajstić information content (AvgIpc) is 2.79. The molecule has 0 aliphatic rings. The predicted molar refractivity (Wildman–Crippen MR) is 127 cm³/mol. The van der Waals surface area contributed by atoms with E-state index in [1.54, 1.807) is 12.1 Å². The number of hydrazone groups is 1. The number of carbonyl (C=O) groups is 1. The van der Waals surface area contributed by atoms with Crippen molar-refractivity contribution in [1.82, 2.24) is 4.98 Å². The van der Waals surface area contributed by atoms with Crippen molar-refractivity contribution in [2.24, 2.45) is 5.10 Å². The number of halogens is 5. The Labute approximate surface area is 205 Å². The molecule has 0 saturated carbocycles. The van der Waals surface area contributed by atoms with Gasteiger partial charge in [-0.15, -0.1) is 0 Å². The van der Waals surface area contributed by atoms with Crippen LogP contribution in [0, 0.1) is 9.39 Å². The molecule has 0 bridgehead atoms. The highest BCUT2D eigenvalue weighted by Gasteiger charge is 2.30. The number of anilines is 2. The lowest BCUT2D eigenvalue weighted by molar-refractivity contribution is -0.137. The van der Waals surface area contributed by atoms with E-state index in [4.69, 9.17) is 9.47 Å². The number of amides is 1. The van der Waals surface area contributed by atoms with E-state index in [2.05, 4.69) is 20.8 Å². The first-order valence-electron chi connectivity index (χ1n) is 9.54. The van der Waals surface area contributed by atoms with Crippen molar-refractivity contribution in [1.29, 1.82) is 0 Å². The van der Waals surface area contributed by atoms with E-state index in [1.807, 2.05) is 22.6 Å². The van der Waals surface area contributed by atoms with E-state index in [0.717, 1.165) is 6.07 Å². The van der Waals surface area contributed by atoms with Crippen LogP contribution in [0.1, 0.15) is 11.1 Å². The molecule has 0 unspecified atom stereocenters. The molecular weight excluding hydrogens is 571 g/mol. The molecule has 3 aromatic rings. The monoisotopic (exact) mass is 588 g/mol. The van der Waals surface area contributed by atoms with Crippen molar-refractivity contribution in [2.45, 2.75) is 6.18 Å². The first kappa shape index (κ1) is 25.2. The number of benzene rings is 2. The maximum absolute atomic E-state index is 13.0. The van der Waals surface area contributed by atoms with Gasteiger partial charge < -0.3 is 14.8 Å². The summed E-state index contributed by atoms with van der Waals surface area (Å²) in [5.41, 5.74) is 2.72. The molecule has 34 heavy (non-hydrogen) atoms. The summed E-state index contributed by atoms with van der Waals surface area (Å²) >= 11 is 2.00. The maximum Gasteiger partial charge on any atom is 0.417 e.